The summed E-state index contributed by atoms with van der Waals surface area (Å²) in [5, 5.41) is 1.98. The Hall–Kier alpha value is -0.930. The van der Waals surface area contributed by atoms with Gasteiger partial charge in [-0.1, -0.05) is 26.2 Å². The van der Waals surface area contributed by atoms with Crippen LogP contribution in [0.4, 0.5) is 0 Å². The molecule has 116 valence electrons. The zero-order valence-corrected chi connectivity index (χ0v) is 13.4. The highest BCUT2D eigenvalue weighted by Gasteiger charge is 2.33. The van der Waals surface area contributed by atoms with Crippen molar-refractivity contribution in [1.29, 1.82) is 0 Å². The highest BCUT2D eigenvalue weighted by atomic mass is 32.3. The van der Waals surface area contributed by atoms with Crippen molar-refractivity contribution < 1.29 is 25.3 Å². The van der Waals surface area contributed by atoms with E-state index in [1.165, 1.54) is 0 Å². The minimum Gasteiger partial charge on any atom is -0.224 e. The molecule has 0 aromatic carbocycles. The molecule has 0 rings (SSSR count). The zero-order chi connectivity index (χ0) is 16.0. The average molecular weight is 342 g/mol. The van der Waals surface area contributed by atoms with Gasteiger partial charge in [0.2, 0.25) is 0 Å². The van der Waals surface area contributed by atoms with E-state index >= 15 is 0 Å². The Morgan fingerprint density at radius 1 is 0.750 bits per heavy atom. The van der Waals surface area contributed by atoms with Gasteiger partial charge in [-0.05, 0) is 12.8 Å². The summed E-state index contributed by atoms with van der Waals surface area (Å²) >= 11 is 0. The first kappa shape index (κ1) is 19.1. The second-order valence-electron chi connectivity index (χ2n) is 3.97. The molecule has 0 unspecified atom stereocenters. The molecular weight excluding hydrogens is 324 g/mol. The van der Waals surface area contributed by atoms with Crippen molar-refractivity contribution in [2.45, 2.75) is 23.8 Å². The van der Waals surface area contributed by atoms with Crippen LogP contribution in [0.25, 0.3) is 0 Å². The van der Waals surface area contributed by atoms with Crippen molar-refractivity contribution in [3.8, 4) is 0 Å². The summed E-state index contributed by atoms with van der Waals surface area (Å²) in [5.41, 5.74) is 0. The predicted octanol–water partition coefficient (Wildman–Crippen LogP) is 1.16. The van der Waals surface area contributed by atoms with Crippen molar-refractivity contribution in [1.82, 2.24) is 0 Å². The summed E-state index contributed by atoms with van der Waals surface area (Å²) in [5.74, 6) is -0.203. The third kappa shape index (κ3) is 5.59. The van der Waals surface area contributed by atoms with Crippen LogP contribution < -0.4 is 0 Å². The summed E-state index contributed by atoms with van der Waals surface area (Å²) in [6.07, 6.45) is 0.0530. The number of unbranched alkanes of at least 4 members (excludes halogenated alkanes) is 1. The van der Waals surface area contributed by atoms with Crippen LogP contribution in [0.15, 0.2) is 36.0 Å². The lowest BCUT2D eigenvalue weighted by Gasteiger charge is -2.13. The molecule has 0 aromatic rings. The Labute approximate surface area is 120 Å². The molecule has 0 radical (unpaired) electrons. The second kappa shape index (κ2) is 7.19. The molecule has 0 bridgehead atoms. The molecule has 0 heterocycles. The normalized spacial score (nSPS) is 13.1. The minimum absolute atomic E-state index is 0.123. The van der Waals surface area contributed by atoms with Gasteiger partial charge in [0.15, 0.2) is 34.1 Å². The average Bonchev–Trinajstić information content (AvgIpc) is 2.37. The summed E-state index contributed by atoms with van der Waals surface area (Å²) in [7, 11) is -11.4. The highest BCUT2D eigenvalue weighted by molar-refractivity contribution is 8.11. The van der Waals surface area contributed by atoms with E-state index in [1.807, 2.05) is 0 Å². The van der Waals surface area contributed by atoms with Crippen LogP contribution in [0, 0.1) is 0 Å². The van der Waals surface area contributed by atoms with Gasteiger partial charge in [0, 0.05) is 16.2 Å². The van der Waals surface area contributed by atoms with Crippen LogP contribution in [0.2, 0.25) is 0 Å². The van der Waals surface area contributed by atoms with Gasteiger partial charge >= 0.3 is 0 Å². The van der Waals surface area contributed by atoms with Crippen LogP contribution in [0.3, 0.4) is 0 Å². The second-order valence-corrected chi connectivity index (χ2v) is 10.5. The number of hydrogen-bond donors (Lipinski definition) is 0. The molecule has 0 aliphatic carbocycles. The largest absolute Gasteiger partial charge is 0.224 e. The molecule has 20 heavy (non-hydrogen) atoms. The fourth-order valence-electron chi connectivity index (χ4n) is 1.43. The third-order valence-corrected chi connectivity index (χ3v) is 8.41. The molecule has 6 nitrogen and oxygen atoms in total. The first-order valence-corrected chi connectivity index (χ1v) is 10.5. The van der Waals surface area contributed by atoms with Crippen LogP contribution in [0.5, 0.6) is 0 Å². The SMILES string of the molecule is C=CS(=O)(=O)CCCCC(S(=O)(=O)C=C)S(=O)(=O)C=C. The van der Waals surface area contributed by atoms with Crippen molar-refractivity contribution in [2.75, 3.05) is 5.75 Å². The van der Waals surface area contributed by atoms with E-state index in [0.717, 1.165) is 5.41 Å². The van der Waals surface area contributed by atoms with Gasteiger partial charge in [0.25, 0.3) is 0 Å². The highest BCUT2D eigenvalue weighted by Crippen LogP contribution is 2.20. The molecule has 0 aromatic heterocycles. The fourth-order valence-corrected chi connectivity index (χ4v) is 5.59. The Morgan fingerprint density at radius 2 is 1.20 bits per heavy atom. The molecular formula is C11H18O6S3. The molecule has 0 N–H and O–H groups in total. The van der Waals surface area contributed by atoms with E-state index in [-0.39, 0.29) is 25.0 Å². The van der Waals surface area contributed by atoms with Crippen LogP contribution in [0.1, 0.15) is 19.3 Å². The summed E-state index contributed by atoms with van der Waals surface area (Å²) in [6, 6.07) is 0. The Bertz CT molecular complexity index is 630. The number of hydrogen-bond acceptors (Lipinski definition) is 6. The molecule has 0 atom stereocenters. The molecule has 0 saturated carbocycles. The fraction of sp³-hybridized carbons (Fsp3) is 0.455. The molecule has 0 aliphatic rings. The van der Waals surface area contributed by atoms with Gasteiger partial charge in [0.05, 0.1) is 5.75 Å². The van der Waals surface area contributed by atoms with Gasteiger partial charge in [-0.15, -0.1) is 0 Å². The number of rotatable bonds is 10. The van der Waals surface area contributed by atoms with Gasteiger partial charge < -0.3 is 0 Å². The van der Waals surface area contributed by atoms with Gasteiger partial charge in [0.1, 0.15) is 0 Å². The lowest BCUT2D eigenvalue weighted by molar-refractivity contribution is 0.573. The van der Waals surface area contributed by atoms with E-state index in [4.69, 9.17) is 0 Å². The molecule has 0 amide bonds. The smallest absolute Gasteiger partial charge is 0.188 e. The van der Waals surface area contributed by atoms with Crippen molar-refractivity contribution in [2.24, 2.45) is 0 Å². The van der Waals surface area contributed by atoms with Crippen molar-refractivity contribution >= 4 is 29.5 Å². The summed E-state index contributed by atoms with van der Waals surface area (Å²) < 4.78 is 67.3. The van der Waals surface area contributed by atoms with E-state index < -0.39 is 34.1 Å². The molecule has 0 saturated heterocycles. The Kier molecular flexibility index (Phi) is 6.85. The molecule has 0 spiro atoms. The quantitative estimate of drug-likeness (QED) is 0.552. The van der Waals surface area contributed by atoms with Gasteiger partial charge in [-0.2, -0.15) is 0 Å². The maximum absolute atomic E-state index is 11.7. The zero-order valence-electron chi connectivity index (χ0n) is 10.9. The van der Waals surface area contributed by atoms with E-state index in [0.29, 0.717) is 10.8 Å². The topological polar surface area (TPSA) is 102 Å². The first-order chi connectivity index (χ1) is 9.02. The molecule has 0 fully saturated rings. The van der Waals surface area contributed by atoms with Crippen molar-refractivity contribution in [3.05, 3.63) is 36.0 Å². The van der Waals surface area contributed by atoms with Crippen LogP contribution in [-0.4, -0.2) is 35.6 Å². The third-order valence-electron chi connectivity index (χ3n) is 2.57. The van der Waals surface area contributed by atoms with Crippen molar-refractivity contribution in [3.63, 3.8) is 0 Å². The Balaban J connectivity index is 4.94. The maximum atomic E-state index is 11.7. The predicted molar refractivity (Wildman–Crippen MR) is 79.9 cm³/mol. The summed E-state index contributed by atoms with van der Waals surface area (Å²) in [6.45, 7) is 9.32. The lowest BCUT2D eigenvalue weighted by atomic mass is 10.3. The van der Waals surface area contributed by atoms with Gasteiger partial charge in [-0.25, -0.2) is 25.3 Å². The summed E-state index contributed by atoms with van der Waals surface area (Å²) in [4.78, 5) is 0. The van der Waals surface area contributed by atoms with E-state index in [9.17, 15) is 25.3 Å². The Morgan fingerprint density at radius 3 is 1.55 bits per heavy atom. The molecule has 0 aliphatic heterocycles. The lowest BCUT2D eigenvalue weighted by Crippen LogP contribution is -2.27. The molecule has 9 heteroatoms. The minimum atomic E-state index is -4.02. The van der Waals surface area contributed by atoms with Gasteiger partial charge in [-0.3, -0.25) is 0 Å². The standard InChI is InChI=1S/C11H18O6S3/c1-4-18(12,13)10-8-7-9-11(19(14,15)5-2)20(16,17)6-3/h4-6,11H,1-3,7-10H2. The first-order valence-electron chi connectivity index (χ1n) is 5.60. The monoisotopic (exact) mass is 342 g/mol. The number of sulfone groups is 3. The van der Waals surface area contributed by atoms with Crippen LogP contribution in [-0.2, 0) is 29.5 Å². The van der Waals surface area contributed by atoms with E-state index in [2.05, 4.69) is 19.7 Å². The maximum Gasteiger partial charge on any atom is 0.188 e. The van der Waals surface area contributed by atoms with Crippen LogP contribution >= 0.6 is 0 Å². The van der Waals surface area contributed by atoms with E-state index in [1.54, 1.807) is 0 Å².